The molecule has 0 saturated heterocycles. The van der Waals surface area contributed by atoms with Gasteiger partial charge < -0.3 is 10.1 Å². The Morgan fingerprint density at radius 1 is 1.35 bits per heavy atom. The predicted octanol–water partition coefficient (Wildman–Crippen LogP) is 2.19. The lowest BCUT2D eigenvalue weighted by Crippen LogP contribution is -2.20. The van der Waals surface area contributed by atoms with Crippen LogP contribution in [0.15, 0.2) is 36.7 Å². The van der Waals surface area contributed by atoms with Crippen LogP contribution >= 0.6 is 0 Å². The van der Waals surface area contributed by atoms with Crippen LogP contribution in [0.3, 0.4) is 0 Å². The second-order valence-electron chi connectivity index (χ2n) is 4.37. The van der Waals surface area contributed by atoms with Crippen molar-refractivity contribution < 1.29 is 9.90 Å². The number of H-pyrrole nitrogens is 1. The maximum Gasteiger partial charge on any atom is 0.314 e. The first-order valence-corrected chi connectivity index (χ1v) is 5.57. The van der Waals surface area contributed by atoms with E-state index >= 15 is 0 Å². The van der Waals surface area contributed by atoms with Crippen LogP contribution in [0.2, 0.25) is 0 Å². The van der Waals surface area contributed by atoms with Crippen LogP contribution in [0.5, 0.6) is 0 Å². The lowest BCUT2D eigenvalue weighted by molar-refractivity contribution is -0.140. The van der Waals surface area contributed by atoms with E-state index < -0.39 is 11.4 Å². The molecule has 4 heteroatoms. The Morgan fingerprint density at radius 3 is 2.71 bits per heavy atom. The van der Waals surface area contributed by atoms with Gasteiger partial charge in [-0.25, -0.2) is 4.98 Å². The lowest BCUT2D eigenvalue weighted by Gasteiger charge is -2.14. The molecule has 3 rings (SSSR count). The SMILES string of the molecule is O=C(O)C1(c2ccccc2-c2ncc[nH]2)CC1. The summed E-state index contributed by atoms with van der Waals surface area (Å²) in [6, 6.07) is 7.58. The van der Waals surface area contributed by atoms with E-state index in [1.54, 1.807) is 12.4 Å². The van der Waals surface area contributed by atoms with Gasteiger partial charge in [-0.15, -0.1) is 0 Å². The van der Waals surface area contributed by atoms with Crippen molar-refractivity contribution in [3.8, 4) is 11.4 Å². The van der Waals surface area contributed by atoms with Crippen molar-refractivity contribution in [2.75, 3.05) is 0 Å². The van der Waals surface area contributed by atoms with E-state index in [9.17, 15) is 9.90 Å². The fourth-order valence-electron chi connectivity index (χ4n) is 2.24. The van der Waals surface area contributed by atoms with Crippen molar-refractivity contribution in [2.24, 2.45) is 0 Å². The fourth-order valence-corrected chi connectivity index (χ4v) is 2.24. The highest BCUT2D eigenvalue weighted by atomic mass is 16.4. The summed E-state index contributed by atoms with van der Waals surface area (Å²) < 4.78 is 0. The minimum absolute atomic E-state index is 0.691. The zero-order valence-electron chi connectivity index (χ0n) is 9.18. The number of carboxylic acid groups (broad SMARTS) is 1. The summed E-state index contributed by atoms with van der Waals surface area (Å²) in [6.07, 6.45) is 4.83. The molecule has 2 aromatic rings. The van der Waals surface area contributed by atoms with Crippen LogP contribution in [0.25, 0.3) is 11.4 Å². The third kappa shape index (κ3) is 1.45. The highest BCUT2D eigenvalue weighted by Gasteiger charge is 2.52. The summed E-state index contributed by atoms with van der Waals surface area (Å²) in [4.78, 5) is 18.6. The Hall–Kier alpha value is -2.10. The molecule has 0 amide bonds. The van der Waals surface area contributed by atoms with Gasteiger partial charge in [-0.2, -0.15) is 0 Å². The molecule has 0 radical (unpaired) electrons. The van der Waals surface area contributed by atoms with Crippen molar-refractivity contribution in [3.05, 3.63) is 42.2 Å². The van der Waals surface area contributed by atoms with Crippen LogP contribution in [-0.2, 0) is 10.2 Å². The van der Waals surface area contributed by atoms with Gasteiger partial charge in [0.15, 0.2) is 0 Å². The van der Waals surface area contributed by atoms with E-state index in [2.05, 4.69) is 9.97 Å². The molecule has 1 aliphatic carbocycles. The van der Waals surface area contributed by atoms with Gasteiger partial charge in [-0.1, -0.05) is 24.3 Å². The van der Waals surface area contributed by atoms with Crippen LogP contribution in [0, 0.1) is 0 Å². The number of nitrogens with one attached hydrogen (secondary N) is 1. The van der Waals surface area contributed by atoms with Gasteiger partial charge >= 0.3 is 5.97 Å². The number of aromatic amines is 1. The normalized spacial score (nSPS) is 16.7. The van der Waals surface area contributed by atoms with Crippen molar-refractivity contribution in [1.82, 2.24) is 9.97 Å². The molecule has 0 spiro atoms. The average molecular weight is 228 g/mol. The minimum atomic E-state index is -0.739. The van der Waals surface area contributed by atoms with E-state index in [1.165, 1.54) is 0 Å². The van der Waals surface area contributed by atoms with Crippen molar-refractivity contribution in [1.29, 1.82) is 0 Å². The van der Waals surface area contributed by atoms with Crippen molar-refractivity contribution in [3.63, 3.8) is 0 Å². The number of aliphatic carboxylic acids is 1. The number of hydrogen-bond acceptors (Lipinski definition) is 2. The number of hydrogen-bond donors (Lipinski definition) is 2. The van der Waals surface area contributed by atoms with Gasteiger partial charge in [0.25, 0.3) is 0 Å². The summed E-state index contributed by atoms with van der Waals surface area (Å²) in [7, 11) is 0. The summed E-state index contributed by atoms with van der Waals surface area (Å²) in [6.45, 7) is 0. The molecule has 0 bridgehead atoms. The zero-order chi connectivity index (χ0) is 11.9. The lowest BCUT2D eigenvalue weighted by atomic mass is 9.91. The number of carbonyl (C=O) groups is 1. The number of aromatic nitrogens is 2. The Morgan fingerprint density at radius 2 is 2.12 bits per heavy atom. The molecule has 0 atom stereocenters. The maximum absolute atomic E-state index is 11.4. The fraction of sp³-hybridized carbons (Fsp3) is 0.231. The van der Waals surface area contributed by atoms with Gasteiger partial charge in [0, 0.05) is 18.0 Å². The molecule has 1 heterocycles. The number of nitrogens with zero attached hydrogens (tertiary/aromatic N) is 1. The van der Waals surface area contributed by atoms with Crippen LogP contribution in [0.4, 0.5) is 0 Å². The van der Waals surface area contributed by atoms with Crippen LogP contribution in [-0.4, -0.2) is 21.0 Å². The zero-order valence-corrected chi connectivity index (χ0v) is 9.18. The standard InChI is InChI=1S/C13H12N2O2/c16-12(17)13(5-6-13)10-4-2-1-3-9(10)11-14-7-8-15-11/h1-4,7-8H,5-6H2,(H,14,15)(H,16,17). The molecule has 86 valence electrons. The first-order chi connectivity index (χ1) is 8.24. The topological polar surface area (TPSA) is 66.0 Å². The second-order valence-corrected chi connectivity index (χ2v) is 4.37. The smallest absolute Gasteiger partial charge is 0.314 e. The minimum Gasteiger partial charge on any atom is -0.481 e. The monoisotopic (exact) mass is 228 g/mol. The molecule has 1 aromatic carbocycles. The molecule has 17 heavy (non-hydrogen) atoms. The van der Waals surface area contributed by atoms with E-state index in [1.807, 2.05) is 24.3 Å². The second kappa shape index (κ2) is 3.45. The highest BCUT2D eigenvalue weighted by Crippen LogP contribution is 2.50. The number of carboxylic acids is 1. The van der Waals surface area contributed by atoms with Crippen LogP contribution in [0.1, 0.15) is 18.4 Å². The Labute approximate surface area is 98.3 Å². The van der Waals surface area contributed by atoms with E-state index in [-0.39, 0.29) is 0 Å². The molecule has 2 N–H and O–H groups in total. The Bertz CT molecular complexity index is 557. The third-order valence-electron chi connectivity index (χ3n) is 3.36. The molecule has 4 nitrogen and oxygen atoms in total. The first-order valence-electron chi connectivity index (χ1n) is 5.57. The molecule has 1 aliphatic rings. The largest absolute Gasteiger partial charge is 0.481 e. The molecule has 1 aromatic heterocycles. The van der Waals surface area contributed by atoms with Crippen molar-refractivity contribution >= 4 is 5.97 Å². The highest BCUT2D eigenvalue weighted by molar-refractivity contribution is 5.87. The van der Waals surface area contributed by atoms with Gasteiger partial charge in [0.2, 0.25) is 0 Å². The molecule has 0 unspecified atom stereocenters. The van der Waals surface area contributed by atoms with Crippen LogP contribution < -0.4 is 0 Å². The van der Waals surface area contributed by atoms with E-state index in [0.29, 0.717) is 12.8 Å². The third-order valence-corrected chi connectivity index (χ3v) is 3.36. The summed E-state index contributed by atoms with van der Waals surface area (Å²) in [5.41, 5.74) is 1.06. The van der Waals surface area contributed by atoms with Gasteiger partial charge in [-0.05, 0) is 18.4 Å². The summed E-state index contributed by atoms with van der Waals surface area (Å²) in [5.74, 6) is -0.00960. The number of imidazole rings is 1. The Balaban J connectivity index is 2.15. The van der Waals surface area contributed by atoms with Crippen molar-refractivity contribution in [2.45, 2.75) is 18.3 Å². The molecule has 0 aliphatic heterocycles. The van der Waals surface area contributed by atoms with E-state index in [0.717, 1.165) is 17.0 Å². The molecular weight excluding hydrogens is 216 g/mol. The summed E-state index contributed by atoms with van der Waals surface area (Å²) >= 11 is 0. The van der Waals surface area contributed by atoms with Gasteiger partial charge in [0.1, 0.15) is 5.82 Å². The molecular formula is C13H12N2O2. The number of rotatable bonds is 3. The van der Waals surface area contributed by atoms with E-state index in [4.69, 9.17) is 0 Å². The average Bonchev–Trinajstić information content (AvgIpc) is 2.98. The maximum atomic E-state index is 11.4. The first kappa shape index (κ1) is 10.1. The number of benzene rings is 1. The van der Waals surface area contributed by atoms with Gasteiger partial charge in [-0.3, -0.25) is 4.79 Å². The van der Waals surface area contributed by atoms with Gasteiger partial charge in [0.05, 0.1) is 5.41 Å². The molecule has 1 saturated carbocycles. The predicted molar refractivity (Wildman–Crippen MR) is 62.6 cm³/mol. The molecule has 1 fully saturated rings. The Kier molecular flexibility index (Phi) is 2.04. The quantitative estimate of drug-likeness (QED) is 0.846. The summed E-state index contributed by atoms with van der Waals surface area (Å²) in [5, 5.41) is 9.35.